The zero-order chi connectivity index (χ0) is 12.4. The Balaban J connectivity index is 3.95. The molecule has 0 fully saturated rings. The molecule has 0 amide bonds. The van der Waals surface area contributed by atoms with Crippen LogP contribution in [-0.2, 0) is 4.74 Å². The molecule has 0 aliphatic rings. The summed E-state index contributed by atoms with van der Waals surface area (Å²) < 4.78 is 5.28. The number of hydrogen-bond donors (Lipinski definition) is 2. The van der Waals surface area contributed by atoms with Crippen molar-refractivity contribution in [1.82, 2.24) is 5.43 Å². The summed E-state index contributed by atoms with van der Waals surface area (Å²) >= 11 is 0. The Labute approximate surface area is 101 Å². The third-order valence-electron chi connectivity index (χ3n) is 3.42. The van der Waals surface area contributed by atoms with Crippen LogP contribution < -0.4 is 11.3 Å². The summed E-state index contributed by atoms with van der Waals surface area (Å²) in [6, 6.07) is 0.386. The van der Waals surface area contributed by atoms with E-state index >= 15 is 0 Å². The Kier molecular flexibility index (Phi) is 9.99. The number of ether oxygens (including phenoxy) is 1. The zero-order valence-corrected chi connectivity index (χ0v) is 11.5. The van der Waals surface area contributed by atoms with Crippen molar-refractivity contribution in [3.05, 3.63) is 0 Å². The van der Waals surface area contributed by atoms with Crippen molar-refractivity contribution in [3.63, 3.8) is 0 Å². The largest absolute Gasteiger partial charge is 0.382 e. The third-order valence-corrected chi connectivity index (χ3v) is 3.42. The molecule has 0 saturated heterocycles. The van der Waals surface area contributed by atoms with E-state index in [2.05, 4.69) is 26.2 Å². The van der Waals surface area contributed by atoms with Gasteiger partial charge in [-0.05, 0) is 25.7 Å². The van der Waals surface area contributed by atoms with Crippen LogP contribution in [0.3, 0.4) is 0 Å². The first kappa shape index (κ1) is 15.9. The molecule has 0 rings (SSSR count). The molecule has 0 aromatic rings. The lowest BCUT2D eigenvalue weighted by atomic mass is 9.90. The van der Waals surface area contributed by atoms with Crippen LogP contribution in [0.4, 0.5) is 0 Å². The highest BCUT2D eigenvalue weighted by molar-refractivity contribution is 4.72. The first-order valence-electron chi connectivity index (χ1n) is 6.66. The molecule has 98 valence electrons. The molecule has 0 bridgehead atoms. The second-order valence-electron chi connectivity index (χ2n) is 4.80. The fraction of sp³-hybridized carbons (Fsp3) is 1.00. The summed E-state index contributed by atoms with van der Waals surface area (Å²) in [6.07, 6.45) is 7.63. The van der Waals surface area contributed by atoms with E-state index in [-0.39, 0.29) is 6.10 Å². The molecule has 3 unspecified atom stereocenters. The van der Waals surface area contributed by atoms with Crippen LogP contribution in [-0.4, -0.2) is 19.3 Å². The Morgan fingerprint density at radius 2 is 1.94 bits per heavy atom. The van der Waals surface area contributed by atoms with Gasteiger partial charge in [0.05, 0.1) is 6.10 Å². The second kappa shape index (κ2) is 10.1. The van der Waals surface area contributed by atoms with Gasteiger partial charge in [-0.3, -0.25) is 11.3 Å². The highest BCUT2D eigenvalue weighted by Crippen LogP contribution is 2.20. The Morgan fingerprint density at radius 3 is 2.38 bits per heavy atom. The molecule has 0 heterocycles. The number of nitrogens with two attached hydrogens (primary N) is 1. The van der Waals surface area contributed by atoms with Crippen molar-refractivity contribution < 1.29 is 4.74 Å². The van der Waals surface area contributed by atoms with Crippen molar-refractivity contribution in [1.29, 1.82) is 0 Å². The predicted molar refractivity (Wildman–Crippen MR) is 70.1 cm³/mol. The normalized spacial score (nSPS) is 17.1. The summed E-state index contributed by atoms with van der Waals surface area (Å²) in [5, 5.41) is 0. The SMILES string of the molecule is CCCCC(CC)CC(CC(C)OC)NN. The van der Waals surface area contributed by atoms with Gasteiger partial charge in [-0.2, -0.15) is 0 Å². The summed E-state index contributed by atoms with van der Waals surface area (Å²) in [7, 11) is 1.76. The smallest absolute Gasteiger partial charge is 0.0558 e. The standard InChI is InChI=1S/C13H30N2O/c1-5-7-8-12(6-2)10-13(15-14)9-11(3)16-4/h11-13,15H,5-10,14H2,1-4H3. The van der Waals surface area contributed by atoms with Gasteiger partial charge in [-0.15, -0.1) is 0 Å². The first-order chi connectivity index (χ1) is 7.67. The van der Waals surface area contributed by atoms with Crippen LogP contribution >= 0.6 is 0 Å². The van der Waals surface area contributed by atoms with Gasteiger partial charge in [-0.25, -0.2) is 0 Å². The second-order valence-corrected chi connectivity index (χ2v) is 4.80. The van der Waals surface area contributed by atoms with E-state index in [1.807, 2.05) is 0 Å². The maximum absolute atomic E-state index is 5.60. The van der Waals surface area contributed by atoms with E-state index in [0.717, 1.165) is 12.3 Å². The van der Waals surface area contributed by atoms with Gasteiger partial charge >= 0.3 is 0 Å². The number of hydrogen-bond acceptors (Lipinski definition) is 3. The number of rotatable bonds is 10. The summed E-state index contributed by atoms with van der Waals surface area (Å²) in [5.41, 5.74) is 2.93. The van der Waals surface area contributed by atoms with Gasteiger partial charge in [-0.1, -0.05) is 39.5 Å². The maximum Gasteiger partial charge on any atom is 0.0558 e. The Bertz CT molecular complexity index is 153. The van der Waals surface area contributed by atoms with Crippen molar-refractivity contribution in [2.45, 2.75) is 71.4 Å². The molecule has 3 N–H and O–H groups in total. The molecule has 0 saturated carbocycles. The maximum atomic E-state index is 5.60. The van der Waals surface area contributed by atoms with Crippen LogP contribution in [0.1, 0.15) is 59.3 Å². The van der Waals surface area contributed by atoms with Gasteiger partial charge in [0, 0.05) is 13.2 Å². The fourth-order valence-electron chi connectivity index (χ4n) is 2.11. The number of hydrazine groups is 1. The van der Waals surface area contributed by atoms with E-state index in [1.54, 1.807) is 7.11 Å². The molecule has 16 heavy (non-hydrogen) atoms. The third kappa shape index (κ3) is 7.20. The van der Waals surface area contributed by atoms with Crippen LogP contribution in [0.5, 0.6) is 0 Å². The molecule has 3 atom stereocenters. The quantitative estimate of drug-likeness (QED) is 0.448. The molecule has 3 heteroatoms. The van der Waals surface area contributed by atoms with Gasteiger partial charge < -0.3 is 4.74 Å². The summed E-state index contributed by atoms with van der Waals surface area (Å²) in [6.45, 7) is 6.61. The zero-order valence-electron chi connectivity index (χ0n) is 11.5. The van der Waals surface area contributed by atoms with Crippen LogP contribution in [0.25, 0.3) is 0 Å². The minimum atomic E-state index is 0.282. The highest BCUT2D eigenvalue weighted by atomic mass is 16.5. The van der Waals surface area contributed by atoms with Crippen molar-refractivity contribution in [3.8, 4) is 0 Å². The van der Waals surface area contributed by atoms with E-state index < -0.39 is 0 Å². The lowest BCUT2D eigenvalue weighted by Gasteiger charge is -2.24. The van der Waals surface area contributed by atoms with E-state index in [0.29, 0.717) is 6.04 Å². The average Bonchev–Trinajstić information content (AvgIpc) is 2.32. The number of methoxy groups -OCH3 is 1. The molecular weight excluding hydrogens is 200 g/mol. The highest BCUT2D eigenvalue weighted by Gasteiger charge is 2.16. The van der Waals surface area contributed by atoms with Crippen molar-refractivity contribution in [2.75, 3.05) is 7.11 Å². The Hall–Kier alpha value is -0.120. The van der Waals surface area contributed by atoms with Crippen molar-refractivity contribution in [2.24, 2.45) is 11.8 Å². The minimum absolute atomic E-state index is 0.282. The summed E-state index contributed by atoms with van der Waals surface area (Å²) in [4.78, 5) is 0. The molecule has 0 aromatic heterocycles. The Morgan fingerprint density at radius 1 is 1.25 bits per heavy atom. The van der Waals surface area contributed by atoms with Crippen LogP contribution in [0.2, 0.25) is 0 Å². The minimum Gasteiger partial charge on any atom is -0.382 e. The molecule has 3 nitrogen and oxygen atoms in total. The van der Waals surface area contributed by atoms with E-state index in [4.69, 9.17) is 10.6 Å². The van der Waals surface area contributed by atoms with Crippen LogP contribution in [0.15, 0.2) is 0 Å². The van der Waals surface area contributed by atoms with E-state index in [9.17, 15) is 0 Å². The molecule has 0 aliphatic heterocycles. The van der Waals surface area contributed by atoms with Gasteiger partial charge in [0.25, 0.3) is 0 Å². The number of unbranched alkanes of at least 4 members (excludes halogenated alkanes) is 1. The predicted octanol–water partition coefficient (Wildman–Crippen LogP) is 2.85. The van der Waals surface area contributed by atoms with Crippen LogP contribution in [0, 0.1) is 5.92 Å². The lowest BCUT2D eigenvalue weighted by Crippen LogP contribution is -2.39. The molecule has 0 aliphatic carbocycles. The average molecular weight is 230 g/mol. The first-order valence-corrected chi connectivity index (χ1v) is 6.66. The van der Waals surface area contributed by atoms with Crippen molar-refractivity contribution >= 4 is 0 Å². The number of nitrogens with one attached hydrogen (secondary N) is 1. The molecule has 0 aromatic carbocycles. The molecular formula is C13H30N2O. The molecule has 0 radical (unpaired) electrons. The van der Waals surface area contributed by atoms with Gasteiger partial charge in [0.2, 0.25) is 0 Å². The fourth-order valence-corrected chi connectivity index (χ4v) is 2.11. The topological polar surface area (TPSA) is 47.3 Å². The summed E-state index contributed by atoms with van der Waals surface area (Å²) in [5.74, 6) is 6.40. The molecule has 0 spiro atoms. The lowest BCUT2D eigenvalue weighted by molar-refractivity contribution is 0.0964. The van der Waals surface area contributed by atoms with Gasteiger partial charge in [0.1, 0.15) is 0 Å². The van der Waals surface area contributed by atoms with Gasteiger partial charge in [0.15, 0.2) is 0 Å². The van der Waals surface area contributed by atoms with E-state index in [1.165, 1.54) is 32.1 Å². The monoisotopic (exact) mass is 230 g/mol.